The molecule has 1 amide bonds. The van der Waals surface area contributed by atoms with E-state index in [4.69, 9.17) is 4.74 Å². The molecule has 1 aromatic rings. The minimum atomic E-state index is -3.49. The topological polar surface area (TPSA) is 84.0 Å². The van der Waals surface area contributed by atoms with Gasteiger partial charge >= 0.3 is 5.97 Å². The number of carbonyl (C=O) groups is 2. The van der Waals surface area contributed by atoms with Gasteiger partial charge in [-0.15, -0.1) is 0 Å². The van der Waals surface area contributed by atoms with Crippen molar-refractivity contribution in [3.05, 3.63) is 29.8 Å². The van der Waals surface area contributed by atoms with Gasteiger partial charge in [0, 0.05) is 25.7 Å². The fourth-order valence-corrected chi connectivity index (χ4v) is 6.02. The van der Waals surface area contributed by atoms with Gasteiger partial charge in [-0.3, -0.25) is 9.59 Å². The van der Waals surface area contributed by atoms with E-state index in [1.165, 1.54) is 10.7 Å². The first kappa shape index (κ1) is 23.7. The molecule has 172 valence electrons. The van der Waals surface area contributed by atoms with Crippen molar-refractivity contribution in [1.82, 2.24) is 9.21 Å². The van der Waals surface area contributed by atoms with Crippen LogP contribution in [0.5, 0.6) is 0 Å². The Morgan fingerprint density at radius 3 is 2.23 bits per heavy atom. The van der Waals surface area contributed by atoms with Crippen LogP contribution in [-0.2, 0) is 30.8 Å². The number of sulfonamides is 1. The first-order valence-corrected chi connectivity index (χ1v) is 12.9. The molecule has 2 aliphatic rings. The van der Waals surface area contributed by atoms with Crippen molar-refractivity contribution in [2.45, 2.75) is 75.6 Å². The van der Waals surface area contributed by atoms with Crippen molar-refractivity contribution < 1.29 is 22.7 Å². The largest absolute Gasteiger partial charge is 0.455 e. The number of nitrogens with zero attached hydrogens (tertiary/aromatic N) is 2. The van der Waals surface area contributed by atoms with Crippen LogP contribution in [0.4, 0.5) is 0 Å². The number of carbonyl (C=O) groups excluding carboxylic acids is 2. The summed E-state index contributed by atoms with van der Waals surface area (Å²) in [5.74, 6) is -0.634. The van der Waals surface area contributed by atoms with E-state index in [0.29, 0.717) is 25.2 Å². The predicted molar refractivity (Wildman–Crippen MR) is 118 cm³/mol. The average Bonchev–Trinajstić information content (AvgIpc) is 2.80. The Morgan fingerprint density at radius 1 is 1.00 bits per heavy atom. The lowest BCUT2D eigenvalue weighted by molar-refractivity contribution is -0.152. The van der Waals surface area contributed by atoms with Crippen molar-refractivity contribution in [2.75, 3.05) is 26.2 Å². The summed E-state index contributed by atoms with van der Waals surface area (Å²) in [4.78, 5) is 26.8. The van der Waals surface area contributed by atoms with E-state index in [2.05, 4.69) is 0 Å². The molecule has 0 radical (unpaired) electrons. The lowest BCUT2D eigenvalue weighted by Gasteiger charge is -2.33. The molecule has 1 aliphatic heterocycles. The number of benzene rings is 1. The number of esters is 1. The van der Waals surface area contributed by atoms with Crippen LogP contribution in [0.2, 0.25) is 0 Å². The van der Waals surface area contributed by atoms with E-state index in [1.807, 2.05) is 11.8 Å². The second-order valence-corrected chi connectivity index (χ2v) is 10.4. The van der Waals surface area contributed by atoms with Gasteiger partial charge < -0.3 is 9.64 Å². The highest BCUT2D eigenvalue weighted by molar-refractivity contribution is 7.89. The average molecular weight is 451 g/mol. The van der Waals surface area contributed by atoms with E-state index in [0.717, 1.165) is 44.9 Å². The molecular weight excluding hydrogens is 416 g/mol. The van der Waals surface area contributed by atoms with Crippen molar-refractivity contribution in [2.24, 2.45) is 0 Å². The number of rotatable bonds is 8. The van der Waals surface area contributed by atoms with E-state index in [-0.39, 0.29) is 29.9 Å². The van der Waals surface area contributed by atoms with Crippen LogP contribution in [0.3, 0.4) is 0 Å². The maximum Gasteiger partial charge on any atom is 0.310 e. The number of likely N-dealkylation sites (N-methyl/N-ethyl adjacent to an activating group) is 1. The Hall–Kier alpha value is -1.93. The Balaban J connectivity index is 1.50. The first-order valence-electron chi connectivity index (χ1n) is 11.5. The minimum absolute atomic E-state index is 0.00682. The molecule has 1 saturated heterocycles. The summed E-state index contributed by atoms with van der Waals surface area (Å²) in [6.45, 7) is 3.44. The summed E-state index contributed by atoms with van der Waals surface area (Å²) in [6, 6.07) is 6.61. The van der Waals surface area contributed by atoms with Gasteiger partial charge in [-0.1, -0.05) is 37.8 Å². The van der Waals surface area contributed by atoms with E-state index in [9.17, 15) is 18.0 Å². The Labute approximate surface area is 185 Å². The lowest BCUT2D eigenvalue weighted by Crippen LogP contribution is -2.43. The zero-order valence-electron chi connectivity index (χ0n) is 18.4. The molecule has 0 spiro atoms. The van der Waals surface area contributed by atoms with Crippen LogP contribution >= 0.6 is 0 Å². The summed E-state index contributed by atoms with van der Waals surface area (Å²) in [7, 11) is -3.49. The van der Waals surface area contributed by atoms with Gasteiger partial charge in [0.2, 0.25) is 10.0 Å². The molecule has 1 aromatic carbocycles. The molecule has 0 aromatic heterocycles. The Bertz CT molecular complexity index is 841. The standard InChI is InChI=1S/C23H34N2O5S/c1-2-25(20-9-5-3-6-10-20)22(26)18-30-23(27)17-19-11-13-21(14-12-19)31(28,29)24-15-7-4-8-16-24/h11-14,20H,2-10,15-18H2,1H3. The lowest BCUT2D eigenvalue weighted by atomic mass is 9.94. The molecule has 1 aliphatic carbocycles. The number of ether oxygens (including phenoxy) is 1. The van der Waals surface area contributed by atoms with Gasteiger partial charge in [0.05, 0.1) is 11.3 Å². The normalized spacial score (nSPS) is 18.5. The van der Waals surface area contributed by atoms with E-state index in [1.54, 1.807) is 24.3 Å². The molecule has 7 nitrogen and oxygen atoms in total. The monoisotopic (exact) mass is 450 g/mol. The molecule has 0 bridgehead atoms. The zero-order chi connectivity index (χ0) is 22.3. The zero-order valence-corrected chi connectivity index (χ0v) is 19.2. The van der Waals surface area contributed by atoms with Crippen LogP contribution in [0.15, 0.2) is 29.2 Å². The third-order valence-corrected chi connectivity index (χ3v) is 8.17. The molecule has 8 heteroatoms. The van der Waals surface area contributed by atoms with Gasteiger partial charge in [-0.05, 0) is 50.3 Å². The van der Waals surface area contributed by atoms with Gasteiger partial charge in [0.25, 0.3) is 5.91 Å². The highest BCUT2D eigenvalue weighted by atomic mass is 32.2. The van der Waals surface area contributed by atoms with Crippen LogP contribution in [-0.4, -0.2) is 61.8 Å². The highest BCUT2D eigenvalue weighted by Gasteiger charge is 2.26. The van der Waals surface area contributed by atoms with Crippen molar-refractivity contribution in [1.29, 1.82) is 0 Å². The van der Waals surface area contributed by atoms with E-state index < -0.39 is 16.0 Å². The third-order valence-electron chi connectivity index (χ3n) is 6.26. The maximum atomic E-state index is 12.7. The summed E-state index contributed by atoms with van der Waals surface area (Å²) < 4.78 is 32.2. The molecule has 0 unspecified atom stereocenters. The number of hydrogen-bond acceptors (Lipinski definition) is 5. The Morgan fingerprint density at radius 2 is 1.61 bits per heavy atom. The van der Waals surface area contributed by atoms with Crippen LogP contribution in [0, 0.1) is 0 Å². The summed E-state index contributed by atoms with van der Waals surface area (Å²) >= 11 is 0. The SMILES string of the molecule is CCN(C(=O)COC(=O)Cc1ccc(S(=O)(=O)N2CCCCC2)cc1)C1CCCCC1. The second kappa shape index (κ2) is 11.1. The minimum Gasteiger partial charge on any atom is -0.455 e. The van der Waals surface area contributed by atoms with Gasteiger partial charge in [-0.2, -0.15) is 4.31 Å². The smallest absolute Gasteiger partial charge is 0.310 e. The van der Waals surface area contributed by atoms with E-state index >= 15 is 0 Å². The van der Waals surface area contributed by atoms with Crippen molar-refractivity contribution in [3.8, 4) is 0 Å². The second-order valence-electron chi connectivity index (χ2n) is 8.42. The third kappa shape index (κ3) is 6.29. The highest BCUT2D eigenvalue weighted by Crippen LogP contribution is 2.23. The molecule has 0 N–H and O–H groups in total. The summed E-state index contributed by atoms with van der Waals surface area (Å²) in [5.41, 5.74) is 0.662. The number of hydrogen-bond donors (Lipinski definition) is 0. The molecule has 1 heterocycles. The predicted octanol–water partition coefficient (Wildman–Crippen LogP) is 3.13. The van der Waals surface area contributed by atoms with Crippen LogP contribution in [0.25, 0.3) is 0 Å². The fraction of sp³-hybridized carbons (Fsp3) is 0.652. The van der Waals surface area contributed by atoms with Gasteiger partial charge in [0.15, 0.2) is 6.61 Å². The quantitative estimate of drug-likeness (QED) is 0.568. The molecule has 31 heavy (non-hydrogen) atoms. The van der Waals surface area contributed by atoms with Crippen LogP contribution < -0.4 is 0 Å². The molecule has 2 fully saturated rings. The molecular formula is C23H34N2O5S. The molecule has 3 rings (SSSR count). The molecule has 1 saturated carbocycles. The van der Waals surface area contributed by atoms with Crippen molar-refractivity contribution in [3.63, 3.8) is 0 Å². The first-order chi connectivity index (χ1) is 14.9. The maximum absolute atomic E-state index is 12.7. The van der Waals surface area contributed by atoms with Gasteiger partial charge in [0.1, 0.15) is 0 Å². The fourth-order valence-electron chi connectivity index (χ4n) is 4.51. The summed E-state index contributed by atoms with van der Waals surface area (Å²) in [5, 5.41) is 0. The summed E-state index contributed by atoms with van der Waals surface area (Å²) in [6.07, 6.45) is 8.36. The van der Waals surface area contributed by atoms with Crippen LogP contribution in [0.1, 0.15) is 63.9 Å². The number of amides is 1. The molecule has 0 atom stereocenters. The van der Waals surface area contributed by atoms with Gasteiger partial charge in [-0.25, -0.2) is 8.42 Å². The Kier molecular flexibility index (Phi) is 8.49. The van der Waals surface area contributed by atoms with Crippen molar-refractivity contribution >= 4 is 21.9 Å². The number of piperidine rings is 1.